The van der Waals surface area contributed by atoms with Gasteiger partial charge in [-0.05, 0) is 24.6 Å². The SMILES string of the molecule is CCNC(=NCc1ccc(N2CC=CC2)cc1)N1CCN(Cc2ccon2)CC1.I. The number of aliphatic imine (C=N–C) groups is 1. The molecule has 1 aromatic carbocycles. The van der Waals surface area contributed by atoms with Crippen molar-refractivity contribution in [3.63, 3.8) is 0 Å². The van der Waals surface area contributed by atoms with Crippen molar-refractivity contribution in [2.24, 2.45) is 4.99 Å². The van der Waals surface area contributed by atoms with Crippen molar-refractivity contribution in [3.05, 3.63) is 60.0 Å². The molecule has 0 aliphatic carbocycles. The van der Waals surface area contributed by atoms with Crippen LogP contribution in [0.15, 0.2) is 58.3 Å². The number of nitrogens with one attached hydrogen (secondary N) is 1. The minimum atomic E-state index is 0. The summed E-state index contributed by atoms with van der Waals surface area (Å²) < 4.78 is 4.94. The number of guanidine groups is 1. The predicted octanol–water partition coefficient (Wildman–Crippen LogP) is 2.95. The quantitative estimate of drug-likeness (QED) is 0.273. The van der Waals surface area contributed by atoms with Crippen LogP contribution in [0.25, 0.3) is 0 Å². The third-order valence-corrected chi connectivity index (χ3v) is 5.41. The van der Waals surface area contributed by atoms with E-state index in [0.29, 0.717) is 6.54 Å². The number of rotatable bonds is 6. The summed E-state index contributed by atoms with van der Waals surface area (Å²) >= 11 is 0. The molecule has 2 aromatic rings. The highest BCUT2D eigenvalue weighted by molar-refractivity contribution is 14.0. The highest BCUT2D eigenvalue weighted by Crippen LogP contribution is 2.18. The molecule has 3 heterocycles. The molecule has 30 heavy (non-hydrogen) atoms. The van der Waals surface area contributed by atoms with Gasteiger partial charge in [-0.25, -0.2) is 4.99 Å². The summed E-state index contributed by atoms with van der Waals surface area (Å²) in [5.74, 6) is 1.00. The first-order chi connectivity index (χ1) is 14.3. The molecule has 0 saturated carbocycles. The van der Waals surface area contributed by atoms with E-state index < -0.39 is 0 Å². The van der Waals surface area contributed by atoms with Crippen LogP contribution in [0.3, 0.4) is 0 Å². The van der Waals surface area contributed by atoms with Gasteiger partial charge in [0.05, 0.1) is 12.2 Å². The lowest BCUT2D eigenvalue weighted by atomic mass is 10.2. The van der Waals surface area contributed by atoms with Gasteiger partial charge < -0.3 is 19.6 Å². The number of halogens is 1. The van der Waals surface area contributed by atoms with Crippen LogP contribution in [-0.4, -0.2) is 66.7 Å². The van der Waals surface area contributed by atoms with Crippen LogP contribution in [0.5, 0.6) is 0 Å². The average molecular weight is 522 g/mol. The number of benzene rings is 1. The summed E-state index contributed by atoms with van der Waals surface area (Å²) in [4.78, 5) is 12.0. The second-order valence-electron chi connectivity index (χ2n) is 7.47. The van der Waals surface area contributed by atoms with E-state index in [1.165, 1.54) is 11.3 Å². The number of piperazine rings is 1. The first kappa shape index (κ1) is 22.6. The summed E-state index contributed by atoms with van der Waals surface area (Å²) in [6.45, 7) is 10.5. The van der Waals surface area contributed by atoms with Gasteiger partial charge in [-0.2, -0.15) is 0 Å². The molecule has 0 unspecified atom stereocenters. The van der Waals surface area contributed by atoms with Gasteiger partial charge in [-0.1, -0.05) is 29.4 Å². The molecule has 1 fully saturated rings. The Kier molecular flexibility index (Phi) is 8.56. The van der Waals surface area contributed by atoms with Crippen LogP contribution in [-0.2, 0) is 13.1 Å². The van der Waals surface area contributed by atoms with E-state index in [-0.39, 0.29) is 24.0 Å². The Morgan fingerprint density at radius 3 is 2.43 bits per heavy atom. The van der Waals surface area contributed by atoms with E-state index in [0.717, 1.165) is 64.0 Å². The van der Waals surface area contributed by atoms with Gasteiger partial charge in [0.2, 0.25) is 0 Å². The minimum absolute atomic E-state index is 0. The molecule has 1 aromatic heterocycles. The predicted molar refractivity (Wildman–Crippen MR) is 131 cm³/mol. The number of hydrogen-bond acceptors (Lipinski definition) is 5. The highest BCUT2D eigenvalue weighted by Gasteiger charge is 2.20. The van der Waals surface area contributed by atoms with Crippen molar-refractivity contribution >= 4 is 35.6 Å². The first-order valence-electron chi connectivity index (χ1n) is 10.5. The summed E-state index contributed by atoms with van der Waals surface area (Å²) in [7, 11) is 0. The van der Waals surface area contributed by atoms with Gasteiger partial charge in [0.15, 0.2) is 5.96 Å². The van der Waals surface area contributed by atoms with Gasteiger partial charge in [-0.3, -0.25) is 4.90 Å². The Morgan fingerprint density at radius 2 is 1.80 bits per heavy atom. The first-order valence-corrected chi connectivity index (χ1v) is 10.5. The standard InChI is InChI=1S/C22H30N6O.HI/c1-2-23-22(28-14-12-26(13-15-28)18-20-9-16-29-25-20)24-17-19-5-7-21(8-6-19)27-10-3-4-11-27;/h3-9,16H,2,10-15,17-18H2,1H3,(H,23,24);1H. The van der Waals surface area contributed by atoms with Gasteiger partial charge >= 0.3 is 0 Å². The van der Waals surface area contributed by atoms with Crippen LogP contribution in [0.1, 0.15) is 18.2 Å². The lowest BCUT2D eigenvalue weighted by molar-refractivity contribution is 0.169. The molecule has 0 spiro atoms. The highest BCUT2D eigenvalue weighted by atomic mass is 127. The zero-order valence-electron chi connectivity index (χ0n) is 17.5. The van der Waals surface area contributed by atoms with Gasteiger partial charge in [-0.15, -0.1) is 24.0 Å². The molecule has 4 rings (SSSR count). The second-order valence-corrected chi connectivity index (χ2v) is 7.47. The summed E-state index contributed by atoms with van der Waals surface area (Å²) in [5, 5.41) is 7.47. The molecule has 2 aliphatic heterocycles. The fraction of sp³-hybridized carbons (Fsp3) is 0.455. The lowest BCUT2D eigenvalue weighted by Gasteiger charge is -2.36. The second kappa shape index (κ2) is 11.4. The Morgan fingerprint density at radius 1 is 1.07 bits per heavy atom. The van der Waals surface area contributed by atoms with Crippen molar-refractivity contribution in [1.82, 2.24) is 20.3 Å². The number of aromatic nitrogens is 1. The third-order valence-electron chi connectivity index (χ3n) is 5.41. The Bertz CT molecular complexity index is 805. The number of anilines is 1. The van der Waals surface area contributed by atoms with Gasteiger partial charge in [0.25, 0.3) is 0 Å². The average Bonchev–Trinajstić information content (AvgIpc) is 3.47. The molecular weight excluding hydrogens is 491 g/mol. The molecular formula is C22H31IN6O. The van der Waals surface area contributed by atoms with E-state index in [4.69, 9.17) is 9.52 Å². The normalized spacial score (nSPS) is 17.3. The molecule has 162 valence electrons. The Hall–Kier alpha value is -2.07. The van der Waals surface area contributed by atoms with E-state index in [2.05, 4.69) is 68.5 Å². The monoisotopic (exact) mass is 522 g/mol. The van der Waals surface area contributed by atoms with E-state index in [1.807, 2.05) is 6.07 Å². The summed E-state index contributed by atoms with van der Waals surface area (Å²) in [6.07, 6.45) is 6.06. The van der Waals surface area contributed by atoms with Gasteiger partial charge in [0, 0.05) is 64.1 Å². The van der Waals surface area contributed by atoms with Crippen LogP contribution >= 0.6 is 24.0 Å². The van der Waals surface area contributed by atoms with Crippen molar-refractivity contribution in [3.8, 4) is 0 Å². The van der Waals surface area contributed by atoms with Crippen LogP contribution in [0.2, 0.25) is 0 Å². The van der Waals surface area contributed by atoms with E-state index in [1.54, 1.807) is 6.26 Å². The topological polar surface area (TPSA) is 60.1 Å². The molecule has 0 radical (unpaired) electrons. The Labute approximate surface area is 195 Å². The van der Waals surface area contributed by atoms with Crippen molar-refractivity contribution in [1.29, 1.82) is 0 Å². The number of hydrogen-bond donors (Lipinski definition) is 1. The molecule has 1 N–H and O–H groups in total. The summed E-state index contributed by atoms with van der Waals surface area (Å²) in [5.41, 5.74) is 3.51. The van der Waals surface area contributed by atoms with Gasteiger partial charge in [0.1, 0.15) is 6.26 Å². The molecule has 8 heteroatoms. The van der Waals surface area contributed by atoms with Crippen molar-refractivity contribution in [2.75, 3.05) is 50.7 Å². The maximum absolute atomic E-state index is 4.94. The fourth-order valence-corrected chi connectivity index (χ4v) is 3.76. The molecule has 0 atom stereocenters. The maximum atomic E-state index is 4.94. The zero-order chi connectivity index (χ0) is 19.9. The minimum Gasteiger partial charge on any atom is -0.364 e. The van der Waals surface area contributed by atoms with Crippen molar-refractivity contribution < 1.29 is 4.52 Å². The fourth-order valence-electron chi connectivity index (χ4n) is 3.76. The van der Waals surface area contributed by atoms with Crippen molar-refractivity contribution in [2.45, 2.75) is 20.0 Å². The summed E-state index contributed by atoms with van der Waals surface area (Å²) in [6, 6.07) is 10.7. The lowest BCUT2D eigenvalue weighted by Crippen LogP contribution is -2.52. The largest absolute Gasteiger partial charge is 0.364 e. The van der Waals surface area contributed by atoms with Crippen LogP contribution in [0, 0.1) is 0 Å². The molecule has 0 bridgehead atoms. The Balaban J connectivity index is 0.00000256. The van der Waals surface area contributed by atoms with Crippen LogP contribution < -0.4 is 10.2 Å². The number of nitrogens with zero attached hydrogens (tertiary/aromatic N) is 5. The zero-order valence-corrected chi connectivity index (χ0v) is 19.9. The maximum Gasteiger partial charge on any atom is 0.194 e. The molecule has 0 amide bonds. The smallest absolute Gasteiger partial charge is 0.194 e. The van der Waals surface area contributed by atoms with E-state index in [9.17, 15) is 0 Å². The molecule has 2 aliphatic rings. The third kappa shape index (κ3) is 5.98. The van der Waals surface area contributed by atoms with Crippen LogP contribution in [0.4, 0.5) is 5.69 Å². The molecule has 7 nitrogen and oxygen atoms in total. The van der Waals surface area contributed by atoms with E-state index >= 15 is 0 Å². The molecule has 1 saturated heterocycles.